The first kappa shape index (κ1) is 16.7. The molecule has 4 atom stereocenters. The van der Waals surface area contributed by atoms with Crippen LogP contribution >= 0.6 is 45.2 Å². The van der Waals surface area contributed by atoms with Gasteiger partial charge in [0, 0.05) is 0 Å². The second kappa shape index (κ2) is 5.52. The summed E-state index contributed by atoms with van der Waals surface area (Å²) in [6.45, 7) is 8.00. The molecule has 0 bridgehead atoms. The Kier molecular flexibility index (Phi) is 4.61. The highest BCUT2D eigenvalue weighted by Crippen LogP contribution is 2.41. The average molecular weight is 498 g/mol. The average Bonchev–Trinajstić information content (AvgIpc) is 2.31. The Morgan fingerprint density at radius 3 is 1.40 bits per heavy atom. The minimum Gasteiger partial charge on any atom is -0.387 e. The fourth-order valence-electron chi connectivity index (χ4n) is 2.72. The van der Waals surface area contributed by atoms with Crippen LogP contribution in [0.4, 0.5) is 0 Å². The monoisotopic (exact) mass is 498 g/mol. The third kappa shape index (κ3) is 3.08. The first-order valence-electron chi connectivity index (χ1n) is 6.61. The standard InChI is InChI=1S/C16H20I2O2/c1-9-5-11(7-15(3,17)13(9)19)12-6-10(2)14(20)16(4,18)8-12/h5-8,13-14,19-20H,1-4H3. The smallest absolute Gasteiger partial charge is 0.0928 e. The molecular weight excluding hydrogens is 478 g/mol. The molecule has 0 heterocycles. The predicted octanol–water partition coefficient (Wildman–Crippen LogP) is 3.87. The van der Waals surface area contributed by atoms with Crippen molar-refractivity contribution >= 4 is 45.2 Å². The van der Waals surface area contributed by atoms with E-state index in [1.807, 2.05) is 39.8 Å². The van der Waals surface area contributed by atoms with Crippen LogP contribution in [0.3, 0.4) is 0 Å². The lowest BCUT2D eigenvalue weighted by Crippen LogP contribution is -2.36. The summed E-state index contributed by atoms with van der Waals surface area (Å²) in [6.07, 6.45) is 7.43. The van der Waals surface area contributed by atoms with Crippen LogP contribution < -0.4 is 0 Å². The number of hydrogen-bond acceptors (Lipinski definition) is 2. The summed E-state index contributed by atoms with van der Waals surface area (Å²) >= 11 is 4.59. The Morgan fingerprint density at radius 2 is 1.15 bits per heavy atom. The van der Waals surface area contributed by atoms with Crippen LogP contribution in [-0.4, -0.2) is 29.3 Å². The van der Waals surface area contributed by atoms with Crippen LogP contribution in [0.2, 0.25) is 0 Å². The molecule has 0 aromatic carbocycles. The molecule has 2 aliphatic carbocycles. The van der Waals surface area contributed by atoms with Crippen molar-refractivity contribution in [3.05, 3.63) is 46.6 Å². The van der Waals surface area contributed by atoms with Crippen molar-refractivity contribution in [3.8, 4) is 0 Å². The largest absolute Gasteiger partial charge is 0.387 e. The molecule has 2 aliphatic rings. The fourth-order valence-corrected chi connectivity index (χ4v) is 4.37. The van der Waals surface area contributed by atoms with Gasteiger partial charge < -0.3 is 10.2 Å². The van der Waals surface area contributed by atoms with E-state index in [1.54, 1.807) is 0 Å². The number of aliphatic hydroxyl groups excluding tert-OH is 2. The molecule has 0 fully saturated rings. The molecule has 4 unspecified atom stereocenters. The summed E-state index contributed by atoms with van der Waals surface area (Å²) < 4.78 is -0.599. The Bertz CT molecular complexity index is 501. The quantitative estimate of drug-likeness (QED) is 0.426. The van der Waals surface area contributed by atoms with E-state index in [4.69, 9.17) is 0 Å². The number of allylic oxidation sites excluding steroid dienone is 4. The number of alkyl halides is 2. The van der Waals surface area contributed by atoms with Crippen molar-refractivity contribution < 1.29 is 10.2 Å². The van der Waals surface area contributed by atoms with Gasteiger partial charge in [-0.25, -0.2) is 0 Å². The Balaban J connectivity index is 2.48. The molecule has 0 aliphatic heterocycles. The Hall–Kier alpha value is 0.340. The van der Waals surface area contributed by atoms with Gasteiger partial charge in [0.1, 0.15) is 0 Å². The Morgan fingerprint density at radius 1 is 0.850 bits per heavy atom. The van der Waals surface area contributed by atoms with Gasteiger partial charge in [-0.2, -0.15) is 0 Å². The van der Waals surface area contributed by atoms with Gasteiger partial charge >= 0.3 is 0 Å². The minimum atomic E-state index is -0.447. The molecule has 2 nitrogen and oxygen atoms in total. The molecule has 2 N–H and O–H groups in total. The van der Waals surface area contributed by atoms with E-state index in [0.29, 0.717) is 0 Å². The molecule has 0 amide bonds. The van der Waals surface area contributed by atoms with Crippen molar-refractivity contribution in [2.24, 2.45) is 0 Å². The lowest BCUT2D eigenvalue weighted by molar-refractivity contribution is 0.190. The number of rotatable bonds is 1. The normalized spacial score (nSPS) is 41.6. The maximum absolute atomic E-state index is 10.2. The summed E-state index contributed by atoms with van der Waals surface area (Å²) in [5.41, 5.74) is 4.21. The number of halogens is 2. The van der Waals surface area contributed by atoms with Gasteiger partial charge in [-0.05, 0) is 50.0 Å². The molecule has 2 rings (SSSR count). The topological polar surface area (TPSA) is 40.5 Å². The first-order chi connectivity index (χ1) is 9.04. The summed E-state index contributed by atoms with van der Waals surface area (Å²) in [5.74, 6) is 0. The second-order valence-corrected chi connectivity index (χ2v) is 10.7. The summed E-state index contributed by atoms with van der Waals surface area (Å²) in [4.78, 5) is 0. The highest BCUT2D eigenvalue weighted by atomic mass is 127. The summed E-state index contributed by atoms with van der Waals surface area (Å²) in [6, 6.07) is 0. The first-order valence-corrected chi connectivity index (χ1v) is 8.77. The third-order valence-electron chi connectivity index (χ3n) is 3.91. The van der Waals surface area contributed by atoms with Gasteiger partial charge in [-0.1, -0.05) is 69.5 Å². The molecule has 0 saturated heterocycles. The predicted molar refractivity (Wildman–Crippen MR) is 101 cm³/mol. The fraction of sp³-hybridized carbons (Fsp3) is 0.500. The zero-order valence-corrected chi connectivity index (χ0v) is 16.4. The SMILES string of the molecule is CC1=CC(C2=CC(C)(I)C(O)C(C)=C2)=CC(C)(I)C1O. The zero-order valence-electron chi connectivity index (χ0n) is 12.1. The van der Waals surface area contributed by atoms with Crippen LogP contribution in [0.25, 0.3) is 0 Å². The van der Waals surface area contributed by atoms with E-state index in [0.717, 1.165) is 22.3 Å². The second-order valence-electron chi connectivity index (χ2n) is 6.08. The number of hydrogen-bond donors (Lipinski definition) is 2. The van der Waals surface area contributed by atoms with Crippen LogP contribution in [0.5, 0.6) is 0 Å². The van der Waals surface area contributed by atoms with Gasteiger partial charge in [0.25, 0.3) is 0 Å². The van der Waals surface area contributed by atoms with E-state index in [-0.39, 0.29) is 6.84 Å². The molecule has 0 radical (unpaired) electrons. The van der Waals surface area contributed by atoms with E-state index in [1.165, 1.54) is 0 Å². The summed E-state index contributed by atoms with van der Waals surface area (Å²) in [7, 11) is 0. The van der Waals surface area contributed by atoms with Crippen molar-refractivity contribution in [2.45, 2.75) is 46.7 Å². The van der Waals surface area contributed by atoms with Crippen molar-refractivity contribution in [1.82, 2.24) is 0 Å². The molecule has 0 aromatic rings. The van der Waals surface area contributed by atoms with Crippen molar-refractivity contribution in [3.63, 3.8) is 0 Å². The highest BCUT2D eigenvalue weighted by molar-refractivity contribution is 14.1. The zero-order chi connectivity index (χ0) is 15.3. The van der Waals surface area contributed by atoms with E-state index in [2.05, 4.69) is 57.3 Å². The van der Waals surface area contributed by atoms with Gasteiger partial charge in [-0.15, -0.1) is 0 Å². The molecule has 0 saturated carbocycles. The molecular formula is C16H20I2O2. The van der Waals surface area contributed by atoms with E-state index in [9.17, 15) is 10.2 Å². The van der Waals surface area contributed by atoms with Crippen LogP contribution in [0.1, 0.15) is 27.7 Å². The van der Waals surface area contributed by atoms with Gasteiger partial charge in [-0.3, -0.25) is 0 Å². The third-order valence-corrected chi connectivity index (χ3v) is 5.71. The highest BCUT2D eigenvalue weighted by Gasteiger charge is 2.36. The van der Waals surface area contributed by atoms with Crippen molar-refractivity contribution in [1.29, 1.82) is 0 Å². The molecule has 20 heavy (non-hydrogen) atoms. The molecule has 110 valence electrons. The Labute approximate surface area is 148 Å². The van der Waals surface area contributed by atoms with E-state index >= 15 is 0 Å². The maximum atomic E-state index is 10.2. The van der Waals surface area contributed by atoms with Gasteiger partial charge in [0.2, 0.25) is 0 Å². The molecule has 0 spiro atoms. The maximum Gasteiger partial charge on any atom is 0.0928 e. The number of aliphatic hydroxyl groups is 2. The lowest BCUT2D eigenvalue weighted by atomic mass is 9.82. The lowest BCUT2D eigenvalue weighted by Gasteiger charge is -2.34. The molecule has 4 heteroatoms. The van der Waals surface area contributed by atoms with E-state index < -0.39 is 12.2 Å². The molecule has 0 aromatic heterocycles. The van der Waals surface area contributed by atoms with Gasteiger partial charge in [0.15, 0.2) is 0 Å². The van der Waals surface area contributed by atoms with Gasteiger partial charge in [0.05, 0.1) is 19.1 Å². The van der Waals surface area contributed by atoms with Crippen LogP contribution in [0.15, 0.2) is 46.6 Å². The van der Waals surface area contributed by atoms with Crippen LogP contribution in [-0.2, 0) is 0 Å². The minimum absolute atomic E-state index is 0.299. The summed E-state index contributed by atoms with van der Waals surface area (Å²) in [5, 5.41) is 20.4. The van der Waals surface area contributed by atoms with Crippen molar-refractivity contribution in [2.75, 3.05) is 0 Å². The van der Waals surface area contributed by atoms with Crippen LogP contribution in [0, 0.1) is 0 Å².